The van der Waals surface area contributed by atoms with Crippen LogP contribution in [0.2, 0.25) is 0 Å². The first-order valence-electron chi connectivity index (χ1n) is 11.8. The van der Waals surface area contributed by atoms with Crippen molar-refractivity contribution >= 4 is 17.0 Å². The second-order valence-corrected chi connectivity index (χ2v) is 9.00. The van der Waals surface area contributed by atoms with E-state index in [0.29, 0.717) is 35.5 Å². The minimum Gasteiger partial charge on any atom is -0.493 e. The predicted molar refractivity (Wildman–Crippen MR) is 131 cm³/mol. The van der Waals surface area contributed by atoms with Gasteiger partial charge in [-0.05, 0) is 43.4 Å². The van der Waals surface area contributed by atoms with Crippen LogP contribution in [0.25, 0.3) is 22.7 Å². The summed E-state index contributed by atoms with van der Waals surface area (Å²) in [5.41, 5.74) is 3.15. The molecule has 35 heavy (non-hydrogen) atoms. The summed E-state index contributed by atoms with van der Waals surface area (Å²) in [7, 11) is 0. The summed E-state index contributed by atoms with van der Waals surface area (Å²) in [6.45, 7) is 4.68. The number of ether oxygens (including phenoxy) is 2. The van der Waals surface area contributed by atoms with E-state index in [4.69, 9.17) is 24.7 Å². The highest BCUT2D eigenvalue weighted by Gasteiger charge is 2.22. The van der Waals surface area contributed by atoms with Crippen molar-refractivity contribution in [2.75, 3.05) is 13.2 Å². The summed E-state index contributed by atoms with van der Waals surface area (Å²) in [6.07, 6.45) is 2.48. The van der Waals surface area contributed by atoms with Gasteiger partial charge in [-0.1, -0.05) is 30.3 Å². The van der Waals surface area contributed by atoms with E-state index in [1.807, 2.05) is 55.5 Å². The van der Waals surface area contributed by atoms with E-state index in [1.165, 1.54) is 19.8 Å². The molecule has 0 unspecified atom stereocenters. The molecule has 9 nitrogen and oxygen atoms in total. The molecule has 0 bridgehead atoms. The molecule has 0 saturated heterocycles. The summed E-state index contributed by atoms with van der Waals surface area (Å²) in [5, 5.41) is 5.77. The van der Waals surface area contributed by atoms with Gasteiger partial charge in [0.05, 0.1) is 19.2 Å². The number of nitrogens with two attached hydrogens (primary N) is 1. The Hall–Kier alpha value is -3.85. The largest absolute Gasteiger partial charge is 0.493 e. The number of nitrogens with zero attached hydrogens (tertiary/aromatic N) is 4. The number of rotatable bonds is 10. The van der Waals surface area contributed by atoms with Crippen molar-refractivity contribution in [2.45, 2.75) is 39.3 Å². The molecule has 0 spiro atoms. The monoisotopic (exact) mass is 475 g/mol. The van der Waals surface area contributed by atoms with Crippen molar-refractivity contribution < 1.29 is 18.7 Å². The normalized spacial score (nSPS) is 14.1. The van der Waals surface area contributed by atoms with Crippen LogP contribution in [0.3, 0.4) is 0 Å². The maximum absolute atomic E-state index is 11.5. The Labute approximate surface area is 203 Å². The van der Waals surface area contributed by atoms with Gasteiger partial charge < -0.3 is 13.9 Å². The van der Waals surface area contributed by atoms with Gasteiger partial charge in [0.15, 0.2) is 5.58 Å². The molecule has 1 atom stereocenters. The Kier molecular flexibility index (Phi) is 6.41. The highest BCUT2D eigenvalue weighted by molar-refractivity contribution is 5.77. The summed E-state index contributed by atoms with van der Waals surface area (Å²) in [5.74, 6) is 7.86. The Morgan fingerprint density at radius 1 is 1.20 bits per heavy atom. The van der Waals surface area contributed by atoms with Crippen LogP contribution in [0, 0.1) is 5.92 Å². The second-order valence-electron chi connectivity index (χ2n) is 9.00. The Morgan fingerprint density at radius 3 is 2.74 bits per heavy atom. The minimum atomic E-state index is -0.311. The van der Waals surface area contributed by atoms with Gasteiger partial charge >= 0.3 is 0 Å². The van der Waals surface area contributed by atoms with Crippen molar-refractivity contribution in [3.63, 3.8) is 0 Å². The summed E-state index contributed by atoms with van der Waals surface area (Å²) in [6, 6.07) is 17.2. The van der Waals surface area contributed by atoms with Gasteiger partial charge in [-0.15, -0.1) is 5.10 Å². The maximum Gasteiger partial charge on any atom is 0.246 e. The highest BCUT2D eigenvalue weighted by Crippen LogP contribution is 2.32. The van der Waals surface area contributed by atoms with Crippen molar-refractivity contribution in [3.8, 4) is 23.2 Å². The molecule has 2 N–H and O–H groups in total. The van der Waals surface area contributed by atoms with E-state index in [-0.39, 0.29) is 18.6 Å². The van der Waals surface area contributed by atoms with Gasteiger partial charge in [-0.25, -0.2) is 10.8 Å². The fourth-order valence-electron chi connectivity index (χ4n) is 3.71. The van der Waals surface area contributed by atoms with Crippen molar-refractivity contribution in [1.82, 2.24) is 19.8 Å². The number of carbonyl (C=O) groups is 1. The highest BCUT2D eigenvalue weighted by atomic mass is 16.5. The average molecular weight is 476 g/mol. The molecule has 2 aromatic heterocycles. The molecule has 1 amide bonds. The van der Waals surface area contributed by atoms with Gasteiger partial charge in [0.25, 0.3) is 0 Å². The fourth-order valence-corrected chi connectivity index (χ4v) is 3.71. The SMILES string of the molecule is CC(=O)N(N)[C@@H](C)COc1cc(-c2nc3cc(OCC4CC4)ccc3o2)n(Cc2ccccc2)n1. The third-order valence-electron chi connectivity index (χ3n) is 6.00. The van der Waals surface area contributed by atoms with Gasteiger partial charge in [0.2, 0.25) is 17.7 Å². The molecule has 1 saturated carbocycles. The number of hydrogen-bond acceptors (Lipinski definition) is 7. The van der Waals surface area contributed by atoms with Crippen molar-refractivity contribution in [1.29, 1.82) is 0 Å². The van der Waals surface area contributed by atoms with Crippen LogP contribution in [0.15, 0.2) is 59.0 Å². The summed E-state index contributed by atoms with van der Waals surface area (Å²) < 4.78 is 19.7. The van der Waals surface area contributed by atoms with E-state index in [1.54, 1.807) is 10.7 Å². The standard InChI is InChI=1S/C26H29N5O4/c1-17(31(27)18(2)32)15-34-25-13-23(30(29-25)14-19-6-4-3-5-7-19)26-28-22-12-21(10-11-24(22)35-26)33-16-20-8-9-20/h3-7,10-13,17,20H,8-9,14-16,27H2,1-2H3/t17-/m0/s1. The molecule has 2 heterocycles. The molecule has 0 radical (unpaired) electrons. The van der Waals surface area contributed by atoms with Gasteiger partial charge in [-0.2, -0.15) is 0 Å². The zero-order valence-electron chi connectivity index (χ0n) is 19.9. The first-order chi connectivity index (χ1) is 17.0. The van der Waals surface area contributed by atoms with E-state index in [2.05, 4.69) is 5.10 Å². The van der Waals surface area contributed by atoms with E-state index >= 15 is 0 Å². The number of benzene rings is 2. The number of oxazole rings is 1. The Morgan fingerprint density at radius 2 is 2.00 bits per heavy atom. The minimum absolute atomic E-state index is 0.202. The predicted octanol–water partition coefficient (Wildman–Crippen LogP) is 4.02. The average Bonchev–Trinajstić information content (AvgIpc) is 3.46. The first kappa shape index (κ1) is 22.9. The zero-order chi connectivity index (χ0) is 24.4. The molecule has 182 valence electrons. The van der Waals surface area contributed by atoms with E-state index < -0.39 is 0 Å². The van der Waals surface area contributed by atoms with Crippen LogP contribution in [0.1, 0.15) is 32.3 Å². The van der Waals surface area contributed by atoms with Crippen LogP contribution >= 0.6 is 0 Å². The summed E-state index contributed by atoms with van der Waals surface area (Å²) >= 11 is 0. The lowest BCUT2D eigenvalue weighted by molar-refractivity contribution is -0.131. The van der Waals surface area contributed by atoms with Gasteiger partial charge in [-0.3, -0.25) is 14.5 Å². The molecule has 4 aromatic rings. The third-order valence-corrected chi connectivity index (χ3v) is 6.00. The quantitative estimate of drug-likeness (QED) is 0.210. The van der Waals surface area contributed by atoms with Crippen LogP contribution in [-0.4, -0.2) is 44.9 Å². The first-order valence-corrected chi connectivity index (χ1v) is 11.8. The number of carbonyl (C=O) groups excluding carboxylic acids is 1. The topological polar surface area (TPSA) is 109 Å². The lowest BCUT2D eigenvalue weighted by Crippen LogP contribution is -2.45. The van der Waals surface area contributed by atoms with E-state index in [0.717, 1.165) is 28.4 Å². The number of hydrogen-bond donors (Lipinski definition) is 1. The van der Waals surface area contributed by atoms with Crippen molar-refractivity contribution in [3.05, 3.63) is 60.2 Å². The molecule has 5 rings (SSSR count). The molecule has 9 heteroatoms. The van der Waals surface area contributed by atoms with Gasteiger partial charge in [0, 0.05) is 19.1 Å². The molecule has 1 fully saturated rings. The van der Waals surface area contributed by atoms with Gasteiger partial charge in [0.1, 0.15) is 23.6 Å². The molecule has 1 aliphatic rings. The number of hydrazine groups is 1. The Bertz CT molecular complexity index is 1310. The van der Waals surface area contributed by atoms with Crippen LogP contribution in [0.5, 0.6) is 11.6 Å². The fraction of sp³-hybridized carbons (Fsp3) is 0.346. The number of aromatic nitrogens is 3. The molecular formula is C26H29N5O4. The zero-order valence-corrected chi connectivity index (χ0v) is 19.9. The van der Waals surface area contributed by atoms with Crippen LogP contribution in [0.4, 0.5) is 0 Å². The number of fused-ring (bicyclic) bond motifs is 1. The third kappa shape index (κ3) is 5.46. The van der Waals surface area contributed by atoms with Crippen LogP contribution < -0.4 is 15.3 Å². The Balaban J connectivity index is 1.41. The molecule has 2 aromatic carbocycles. The lowest BCUT2D eigenvalue weighted by atomic mass is 10.2. The van der Waals surface area contributed by atoms with Crippen LogP contribution in [-0.2, 0) is 11.3 Å². The smallest absolute Gasteiger partial charge is 0.246 e. The maximum atomic E-state index is 11.5. The molecular weight excluding hydrogens is 446 g/mol. The molecule has 0 aliphatic heterocycles. The second kappa shape index (κ2) is 9.79. The van der Waals surface area contributed by atoms with Crippen molar-refractivity contribution in [2.24, 2.45) is 11.8 Å². The number of amides is 1. The molecule has 1 aliphatic carbocycles. The lowest BCUT2D eigenvalue weighted by Gasteiger charge is -2.22. The van der Waals surface area contributed by atoms with E-state index in [9.17, 15) is 4.79 Å². The summed E-state index contributed by atoms with van der Waals surface area (Å²) in [4.78, 5) is 16.2.